The topological polar surface area (TPSA) is 61.7 Å². The van der Waals surface area contributed by atoms with Crippen LogP contribution in [0.1, 0.15) is 58.4 Å². The van der Waals surface area contributed by atoms with E-state index in [1.54, 1.807) is 29.2 Å². The normalized spacial score (nSPS) is 16.1. The summed E-state index contributed by atoms with van der Waals surface area (Å²) in [5.74, 6) is -2.16. The van der Waals surface area contributed by atoms with Gasteiger partial charge in [-0.25, -0.2) is 13.8 Å². The molecule has 1 aliphatic rings. The van der Waals surface area contributed by atoms with Gasteiger partial charge in [0.05, 0.1) is 12.0 Å². The first-order valence-corrected chi connectivity index (χ1v) is 12.6. The van der Waals surface area contributed by atoms with Crippen molar-refractivity contribution in [3.8, 4) is 0 Å². The summed E-state index contributed by atoms with van der Waals surface area (Å²) in [4.78, 5) is 35.7. The maximum Gasteiger partial charge on any atom is 0.226 e. The highest BCUT2D eigenvalue weighted by atomic mass is 19.2. The van der Waals surface area contributed by atoms with Crippen molar-refractivity contribution in [2.45, 2.75) is 72.0 Å². The Morgan fingerprint density at radius 1 is 1.03 bits per heavy atom. The van der Waals surface area contributed by atoms with E-state index >= 15 is 0 Å². The molecule has 0 aliphatic carbocycles. The van der Waals surface area contributed by atoms with E-state index in [0.29, 0.717) is 49.8 Å². The molecular weight excluding hydrogens is 452 g/mol. The molecule has 1 aliphatic heterocycles. The van der Waals surface area contributed by atoms with Crippen LogP contribution < -0.4 is 4.90 Å². The van der Waals surface area contributed by atoms with Gasteiger partial charge in [0.2, 0.25) is 11.8 Å². The quantitative estimate of drug-likeness (QED) is 0.610. The molecule has 1 aromatic carbocycles. The number of amides is 2. The molecule has 35 heavy (non-hydrogen) atoms. The Kier molecular flexibility index (Phi) is 9.77. The van der Waals surface area contributed by atoms with Crippen molar-refractivity contribution in [1.29, 1.82) is 0 Å². The lowest BCUT2D eigenvalue weighted by Crippen LogP contribution is -2.40. The maximum absolute atomic E-state index is 14.3. The van der Waals surface area contributed by atoms with Gasteiger partial charge in [0.1, 0.15) is 0 Å². The second-order valence-corrected chi connectivity index (χ2v) is 9.35. The Morgan fingerprint density at radius 2 is 1.74 bits per heavy atom. The van der Waals surface area contributed by atoms with Gasteiger partial charge in [0.15, 0.2) is 11.6 Å². The standard InChI is InChI=1S/C26H37F2N5O2/c1-4-25(34)33-14-7-12-31(20(2)3)11-6-13-32(18-21-16-22(27)23(28)17-24(21)33)26(35)8-5-10-30-15-9-29-19-30/h9,15-17,19-20H,4-8,10-14,18H2,1-3H3. The summed E-state index contributed by atoms with van der Waals surface area (Å²) < 4.78 is 30.6. The third kappa shape index (κ3) is 7.34. The zero-order valence-electron chi connectivity index (χ0n) is 21.1. The molecule has 9 heteroatoms. The second kappa shape index (κ2) is 12.8. The van der Waals surface area contributed by atoms with Gasteiger partial charge in [-0.1, -0.05) is 6.92 Å². The van der Waals surface area contributed by atoms with Crippen LogP contribution in [0, 0.1) is 11.6 Å². The monoisotopic (exact) mass is 489 g/mol. The second-order valence-electron chi connectivity index (χ2n) is 9.35. The van der Waals surface area contributed by atoms with Gasteiger partial charge in [-0.05, 0) is 44.7 Å². The number of aromatic nitrogens is 2. The van der Waals surface area contributed by atoms with Crippen LogP contribution in [0.4, 0.5) is 14.5 Å². The van der Waals surface area contributed by atoms with E-state index in [4.69, 9.17) is 0 Å². The van der Waals surface area contributed by atoms with Gasteiger partial charge in [-0.15, -0.1) is 0 Å². The molecule has 0 spiro atoms. The van der Waals surface area contributed by atoms with E-state index in [1.165, 1.54) is 0 Å². The summed E-state index contributed by atoms with van der Waals surface area (Å²) in [6.45, 7) is 9.35. The molecular formula is C26H37F2N5O2. The van der Waals surface area contributed by atoms with E-state index in [-0.39, 0.29) is 24.8 Å². The molecule has 0 saturated heterocycles. The summed E-state index contributed by atoms with van der Waals surface area (Å²) in [7, 11) is 0. The molecule has 0 atom stereocenters. The van der Waals surface area contributed by atoms with Crippen LogP contribution in [-0.4, -0.2) is 63.4 Å². The van der Waals surface area contributed by atoms with Crippen molar-refractivity contribution in [2.24, 2.45) is 0 Å². The first-order valence-electron chi connectivity index (χ1n) is 12.6. The van der Waals surface area contributed by atoms with Crippen LogP contribution in [0.5, 0.6) is 0 Å². The molecule has 0 saturated carbocycles. The summed E-state index contributed by atoms with van der Waals surface area (Å²) in [5, 5.41) is 0. The smallest absolute Gasteiger partial charge is 0.226 e. The molecule has 0 bridgehead atoms. The molecule has 0 N–H and O–H groups in total. The number of aryl methyl sites for hydroxylation is 1. The number of hydrogen-bond acceptors (Lipinski definition) is 4. The van der Waals surface area contributed by atoms with Crippen molar-refractivity contribution in [3.05, 3.63) is 48.1 Å². The van der Waals surface area contributed by atoms with Gasteiger partial charge in [0.25, 0.3) is 0 Å². The minimum Gasteiger partial charge on any atom is -0.338 e. The largest absolute Gasteiger partial charge is 0.338 e. The predicted octanol–water partition coefficient (Wildman–Crippen LogP) is 4.22. The predicted molar refractivity (Wildman–Crippen MR) is 132 cm³/mol. The van der Waals surface area contributed by atoms with Crippen molar-refractivity contribution in [2.75, 3.05) is 31.1 Å². The highest BCUT2D eigenvalue weighted by molar-refractivity contribution is 5.94. The third-order valence-corrected chi connectivity index (χ3v) is 6.53. The van der Waals surface area contributed by atoms with Crippen LogP contribution in [0.15, 0.2) is 30.9 Å². The Hall–Kier alpha value is -2.81. The molecule has 2 aromatic rings. The molecule has 0 radical (unpaired) electrons. The Morgan fingerprint density at radius 3 is 2.40 bits per heavy atom. The molecule has 7 nitrogen and oxygen atoms in total. The first-order chi connectivity index (χ1) is 16.8. The fraction of sp³-hybridized carbons (Fsp3) is 0.577. The zero-order valence-corrected chi connectivity index (χ0v) is 21.1. The molecule has 1 aromatic heterocycles. The average molecular weight is 490 g/mol. The van der Waals surface area contributed by atoms with Crippen molar-refractivity contribution in [3.63, 3.8) is 0 Å². The Bertz CT molecular complexity index is 980. The zero-order chi connectivity index (χ0) is 25.4. The highest BCUT2D eigenvalue weighted by Crippen LogP contribution is 2.27. The highest BCUT2D eigenvalue weighted by Gasteiger charge is 2.24. The maximum atomic E-state index is 14.3. The van der Waals surface area contributed by atoms with Crippen LogP contribution in [0.2, 0.25) is 0 Å². The van der Waals surface area contributed by atoms with Crippen LogP contribution in [0.25, 0.3) is 0 Å². The van der Waals surface area contributed by atoms with Gasteiger partial charge < -0.3 is 19.3 Å². The van der Waals surface area contributed by atoms with E-state index in [9.17, 15) is 18.4 Å². The summed E-state index contributed by atoms with van der Waals surface area (Å²) in [6.07, 6.45) is 8.01. The van der Waals surface area contributed by atoms with Gasteiger partial charge in [-0.2, -0.15) is 0 Å². The molecule has 2 amide bonds. The first kappa shape index (κ1) is 26.8. The van der Waals surface area contributed by atoms with E-state index in [1.807, 2.05) is 10.8 Å². The summed E-state index contributed by atoms with van der Waals surface area (Å²) in [5.41, 5.74) is 0.804. The number of imidazole rings is 1. The SMILES string of the molecule is CCC(=O)N1CCCN(C(C)C)CCCN(C(=O)CCCn2ccnc2)Cc2cc(F)c(F)cc21. The lowest BCUT2D eigenvalue weighted by Gasteiger charge is -2.33. The number of carbonyl (C=O) groups excluding carboxylic acids is 2. The summed E-state index contributed by atoms with van der Waals surface area (Å²) in [6, 6.07) is 2.57. The van der Waals surface area contributed by atoms with Crippen molar-refractivity contribution < 1.29 is 18.4 Å². The number of carbonyl (C=O) groups is 2. The molecule has 192 valence electrons. The molecule has 2 heterocycles. The Balaban J connectivity index is 1.89. The van der Waals surface area contributed by atoms with E-state index in [2.05, 4.69) is 23.7 Å². The van der Waals surface area contributed by atoms with Crippen LogP contribution in [0.3, 0.4) is 0 Å². The lowest BCUT2D eigenvalue weighted by atomic mass is 10.1. The number of rotatable bonds is 6. The molecule has 0 unspecified atom stereocenters. The van der Waals surface area contributed by atoms with Gasteiger partial charge in [0, 0.05) is 76.6 Å². The van der Waals surface area contributed by atoms with Gasteiger partial charge in [-0.3, -0.25) is 9.59 Å². The van der Waals surface area contributed by atoms with Crippen molar-refractivity contribution in [1.82, 2.24) is 19.4 Å². The molecule has 0 fully saturated rings. The van der Waals surface area contributed by atoms with Crippen molar-refractivity contribution >= 4 is 17.5 Å². The minimum absolute atomic E-state index is 0.0395. The summed E-state index contributed by atoms with van der Waals surface area (Å²) >= 11 is 0. The fourth-order valence-corrected chi connectivity index (χ4v) is 4.54. The fourth-order valence-electron chi connectivity index (χ4n) is 4.54. The number of halogens is 2. The minimum atomic E-state index is -0.994. The van der Waals surface area contributed by atoms with Crippen LogP contribution in [-0.2, 0) is 22.7 Å². The Labute approximate surface area is 206 Å². The third-order valence-electron chi connectivity index (χ3n) is 6.53. The van der Waals surface area contributed by atoms with Gasteiger partial charge >= 0.3 is 0 Å². The number of nitrogens with zero attached hydrogens (tertiary/aromatic N) is 5. The number of fused-ring (bicyclic) bond motifs is 1. The number of benzene rings is 1. The lowest BCUT2D eigenvalue weighted by molar-refractivity contribution is -0.132. The van der Waals surface area contributed by atoms with E-state index in [0.717, 1.165) is 38.1 Å². The molecule has 3 rings (SSSR count). The average Bonchev–Trinajstić information content (AvgIpc) is 3.34. The van der Waals surface area contributed by atoms with E-state index < -0.39 is 11.6 Å². The van der Waals surface area contributed by atoms with Crippen LogP contribution >= 0.6 is 0 Å². The number of anilines is 1. The number of hydrogen-bond donors (Lipinski definition) is 0.